The van der Waals surface area contributed by atoms with E-state index in [0.717, 1.165) is 29.2 Å². The van der Waals surface area contributed by atoms with E-state index >= 15 is 0 Å². The molecule has 162 valence electrons. The van der Waals surface area contributed by atoms with Gasteiger partial charge in [0.2, 0.25) is 5.91 Å². The fraction of sp³-hybridized carbons (Fsp3) is 0.348. The number of amides is 1. The van der Waals surface area contributed by atoms with Crippen LogP contribution in [0.15, 0.2) is 60.0 Å². The van der Waals surface area contributed by atoms with Crippen LogP contribution in [0, 0.1) is 5.92 Å². The van der Waals surface area contributed by atoms with Gasteiger partial charge < -0.3 is 14.8 Å². The van der Waals surface area contributed by atoms with Gasteiger partial charge in [0.15, 0.2) is 16.7 Å². The van der Waals surface area contributed by atoms with Crippen molar-refractivity contribution in [3.63, 3.8) is 0 Å². The second-order valence-electron chi connectivity index (χ2n) is 7.65. The standard InChI is InChI=1S/C23H26N4O3S/c1-16(2)22(17-9-10-19-20(13-17)30-12-6-11-29-19)25-21(28)14-31-23-26-24-15-27(23)18-7-4-3-5-8-18/h3-5,7-10,13,15-16,22H,6,11-12,14H2,1-2H3,(H,25,28)/t22-/m0/s1. The van der Waals surface area contributed by atoms with E-state index < -0.39 is 0 Å². The second kappa shape index (κ2) is 9.87. The Morgan fingerprint density at radius 1 is 1.13 bits per heavy atom. The maximum absolute atomic E-state index is 12.8. The molecule has 0 spiro atoms. The van der Waals surface area contributed by atoms with Gasteiger partial charge in [0, 0.05) is 12.1 Å². The first-order valence-electron chi connectivity index (χ1n) is 10.4. The van der Waals surface area contributed by atoms with E-state index in [-0.39, 0.29) is 23.6 Å². The summed E-state index contributed by atoms with van der Waals surface area (Å²) in [4.78, 5) is 12.8. The Morgan fingerprint density at radius 3 is 2.68 bits per heavy atom. The van der Waals surface area contributed by atoms with Crippen LogP contribution in [0.4, 0.5) is 0 Å². The number of aromatic nitrogens is 3. The van der Waals surface area contributed by atoms with E-state index in [0.29, 0.717) is 18.4 Å². The lowest BCUT2D eigenvalue weighted by Crippen LogP contribution is -2.33. The van der Waals surface area contributed by atoms with E-state index in [1.807, 2.05) is 53.1 Å². The van der Waals surface area contributed by atoms with E-state index in [2.05, 4.69) is 29.4 Å². The van der Waals surface area contributed by atoms with E-state index in [4.69, 9.17) is 9.47 Å². The van der Waals surface area contributed by atoms with Crippen LogP contribution < -0.4 is 14.8 Å². The van der Waals surface area contributed by atoms with Crippen LogP contribution in [0.3, 0.4) is 0 Å². The number of benzene rings is 2. The average molecular weight is 439 g/mol. The Labute approximate surface area is 186 Å². The molecule has 1 aliphatic rings. The Bertz CT molecular complexity index is 1020. The van der Waals surface area contributed by atoms with Gasteiger partial charge in [0.05, 0.1) is 25.0 Å². The van der Waals surface area contributed by atoms with Gasteiger partial charge >= 0.3 is 0 Å². The fourth-order valence-electron chi connectivity index (χ4n) is 3.44. The molecule has 1 atom stereocenters. The Kier molecular flexibility index (Phi) is 6.76. The summed E-state index contributed by atoms with van der Waals surface area (Å²) in [5.41, 5.74) is 1.97. The van der Waals surface area contributed by atoms with Crippen molar-refractivity contribution in [3.05, 3.63) is 60.4 Å². The second-order valence-corrected chi connectivity index (χ2v) is 8.60. The molecule has 2 aromatic carbocycles. The molecule has 0 fully saturated rings. The molecule has 0 aliphatic carbocycles. The number of hydrogen-bond donors (Lipinski definition) is 1. The smallest absolute Gasteiger partial charge is 0.230 e. The topological polar surface area (TPSA) is 78.3 Å². The van der Waals surface area contributed by atoms with Crippen molar-refractivity contribution in [3.8, 4) is 17.2 Å². The third kappa shape index (κ3) is 5.19. The number of fused-ring (bicyclic) bond motifs is 1. The Morgan fingerprint density at radius 2 is 1.90 bits per heavy atom. The number of para-hydroxylation sites is 1. The first kappa shape index (κ1) is 21.2. The van der Waals surface area contributed by atoms with Gasteiger partial charge in [-0.1, -0.05) is 49.9 Å². The predicted molar refractivity (Wildman–Crippen MR) is 120 cm³/mol. The minimum atomic E-state index is -0.128. The van der Waals surface area contributed by atoms with Crippen LogP contribution in [0.5, 0.6) is 11.5 Å². The Balaban J connectivity index is 1.42. The highest BCUT2D eigenvalue weighted by Crippen LogP contribution is 2.34. The van der Waals surface area contributed by atoms with Crippen molar-refractivity contribution < 1.29 is 14.3 Å². The van der Waals surface area contributed by atoms with Gasteiger partial charge in [-0.3, -0.25) is 9.36 Å². The lowest BCUT2D eigenvalue weighted by molar-refractivity contribution is -0.119. The molecule has 7 nitrogen and oxygen atoms in total. The Hall–Kier alpha value is -3.00. The highest BCUT2D eigenvalue weighted by molar-refractivity contribution is 7.99. The summed E-state index contributed by atoms with van der Waals surface area (Å²) < 4.78 is 13.4. The number of hydrogen-bond acceptors (Lipinski definition) is 6. The molecule has 0 radical (unpaired) electrons. The predicted octanol–water partition coefficient (Wildman–Crippen LogP) is 4.03. The number of carbonyl (C=O) groups excluding carboxylic acids is 1. The van der Waals surface area contributed by atoms with Crippen molar-refractivity contribution in [1.29, 1.82) is 0 Å². The van der Waals surface area contributed by atoms with Crippen molar-refractivity contribution in [2.75, 3.05) is 19.0 Å². The molecule has 1 aliphatic heterocycles. The van der Waals surface area contributed by atoms with Crippen molar-refractivity contribution >= 4 is 17.7 Å². The zero-order valence-electron chi connectivity index (χ0n) is 17.7. The van der Waals surface area contributed by atoms with Gasteiger partial charge in [-0.15, -0.1) is 10.2 Å². The lowest BCUT2D eigenvalue weighted by atomic mass is 9.95. The molecule has 1 amide bonds. The molecule has 8 heteroatoms. The molecular weight excluding hydrogens is 412 g/mol. The van der Waals surface area contributed by atoms with E-state index in [9.17, 15) is 4.79 Å². The monoisotopic (exact) mass is 438 g/mol. The van der Waals surface area contributed by atoms with Crippen molar-refractivity contribution in [2.24, 2.45) is 5.92 Å². The largest absolute Gasteiger partial charge is 0.490 e. The molecule has 1 aromatic heterocycles. The fourth-order valence-corrected chi connectivity index (χ4v) is 4.18. The lowest BCUT2D eigenvalue weighted by Gasteiger charge is -2.24. The van der Waals surface area contributed by atoms with Crippen LogP contribution in [0.2, 0.25) is 0 Å². The molecule has 1 N–H and O–H groups in total. The van der Waals surface area contributed by atoms with Crippen molar-refractivity contribution in [1.82, 2.24) is 20.1 Å². The quantitative estimate of drug-likeness (QED) is 0.561. The normalized spacial score (nSPS) is 14.2. The first-order chi connectivity index (χ1) is 15.1. The average Bonchev–Trinajstić information content (AvgIpc) is 3.13. The van der Waals surface area contributed by atoms with Gasteiger partial charge in [-0.05, 0) is 35.7 Å². The van der Waals surface area contributed by atoms with Crippen LogP contribution in [0.25, 0.3) is 5.69 Å². The summed E-state index contributed by atoms with van der Waals surface area (Å²) in [6.45, 7) is 5.47. The van der Waals surface area contributed by atoms with Gasteiger partial charge in [0.1, 0.15) is 6.33 Å². The maximum Gasteiger partial charge on any atom is 0.230 e. The summed E-state index contributed by atoms with van der Waals surface area (Å²) in [6, 6.07) is 15.6. The minimum absolute atomic E-state index is 0.0570. The minimum Gasteiger partial charge on any atom is -0.490 e. The van der Waals surface area contributed by atoms with Gasteiger partial charge in [-0.25, -0.2) is 0 Å². The molecule has 0 saturated heterocycles. The number of rotatable bonds is 7. The van der Waals surface area contributed by atoms with Crippen LogP contribution in [0.1, 0.15) is 31.9 Å². The van der Waals surface area contributed by atoms with Gasteiger partial charge in [0.25, 0.3) is 0 Å². The molecule has 4 rings (SSSR count). The first-order valence-corrected chi connectivity index (χ1v) is 11.4. The molecule has 0 bridgehead atoms. The number of ether oxygens (including phenoxy) is 2. The molecular formula is C23H26N4O3S. The zero-order chi connectivity index (χ0) is 21.6. The summed E-state index contributed by atoms with van der Waals surface area (Å²) in [7, 11) is 0. The summed E-state index contributed by atoms with van der Waals surface area (Å²) >= 11 is 1.36. The van der Waals surface area contributed by atoms with Gasteiger partial charge in [-0.2, -0.15) is 0 Å². The molecule has 0 unspecified atom stereocenters. The van der Waals surface area contributed by atoms with Crippen LogP contribution >= 0.6 is 11.8 Å². The number of thioether (sulfide) groups is 1. The highest BCUT2D eigenvalue weighted by Gasteiger charge is 2.21. The molecule has 2 heterocycles. The number of carbonyl (C=O) groups is 1. The van der Waals surface area contributed by atoms with E-state index in [1.54, 1.807) is 6.33 Å². The third-order valence-corrected chi connectivity index (χ3v) is 5.94. The zero-order valence-corrected chi connectivity index (χ0v) is 18.5. The van der Waals surface area contributed by atoms with E-state index in [1.165, 1.54) is 11.8 Å². The molecule has 3 aromatic rings. The molecule has 31 heavy (non-hydrogen) atoms. The van der Waals surface area contributed by atoms with Crippen molar-refractivity contribution in [2.45, 2.75) is 31.5 Å². The molecule has 0 saturated carbocycles. The number of nitrogens with zero attached hydrogens (tertiary/aromatic N) is 3. The SMILES string of the molecule is CC(C)[C@H](NC(=O)CSc1nncn1-c1ccccc1)c1ccc2c(c1)OCCCO2. The van der Waals surface area contributed by atoms with Crippen LogP contribution in [-0.4, -0.2) is 39.6 Å². The number of nitrogens with one attached hydrogen (secondary N) is 1. The summed E-state index contributed by atoms with van der Waals surface area (Å²) in [5, 5.41) is 12.0. The summed E-state index contributed by atoms with van der Waals surface area (Å²) in [6.07, 6.45) is 2.52. The van der Waals surface area contributed by atoms with Crippen LogP contribution in [-0.2, 0) is 4.79 Å². The summed E-state index contributed by atoms with van der Waals surface area (Å²) in [5.74, 6) is 1.90. The maximum atomic E-state index is 12.8. The highest BCUT2D eigenvalue weighted by atomic mass is 32.2. The third-order valence-electron chi connectivity index (χ3n) is 5.00.